The van der Waals surface area contributed by atoms with Crippen molar-refractivity contribution in [1.29, 1.82) is 0 Å². The van der Waals surface area contributed by atoms with E-state index in [0.717, 1.165) is 5.56 Å². The Balaban J connectivity index is 1.91. The summed E-state index contributed by atoms with van der Waals surface area (Å²) in [5.41, 5.74) is 4.94. The van der Waals surface area contributed by atoms with E-state index in [2.05, 4.69) is 25.7 Å². The number of rotatable bonds is 4. The van der Waals surface area contributed by atoms with Crippen LogP contribution in [0.4, 0.5) is 11.8 Å². The van der Waals surface area contributed by atoms with E-state index in [9.17, 15) is 0 Å². The van der Waals surface area contributed by atoms with Crippen LogP contribution in [0.25, 0.3) is 17.2 Å². The van der Waals surface area contributed by atoms with E-state index in [1.165, 1.54) is 0 Å². The molecule has 0 amide bonds. The predicted molar refractivity (Wildman–Crippen MR) is 83.2 cm³/mol. The van der Waals surface area contributed by atoms with Crippen LogP contribution in [0, 0.1) is 0 Å². The van der Waals surface area contributed by atoms with Crippen molar-refractivity contribution >= 4 is 29.0 Å². The third-order valence-electron chi connectivity index (χ3n) is 2.98. The monoisotopic (exact) mass is 281 g/mol. The summed E-state index contributed by atoms with van der Waals surface area (Å²) >= 11 is 0. The minimum Gasteiger partial charge on any atom is -0.345 e. The van der Waals surface area contributed by atoms with Gasteiger partial charge in [0.1, 0.15) is 0 Å². The maximum Gasteiger partial charge on any atom is 0.241 e. The number of imidazole rings is 1. The molecule has 21 heavy (non-hydrogen) atoms. The molecule has 0 saturated carbocycles. The Morgan fingerprint density at radius 1 is 1.19 bits per heavy atom. The zero-order valence-electron chi connectivity index (χ0n) is 11.5. The molecule has 4 N–H and O–H groups in total. The fraction of sp³-hybridized carbons (Fsp3) is 0.0714. The largest absolute Gasteiger partial charge is 0.345 e. The van der Waals surface area contributed by atoms with Crippen LogP contribution in [0.5, 0.6) is 0 Å². The molecule has 0 bridgehead atoms. The molecular formula is C14H15N7. The third kappa shape index (κ3) is 2.67. The molecule has 2 heterocycles. The third-order valence-corrected chi connectivity index (χ3v) is 2.98. The van der Waals surface area contributed by atoms with Crippen molar-refractivity contribution in [2.24, 2.45) is 12.9 Å². The summed E-state index contributed by atoms with van der Waals surface area (Å²) in [5, 5.41) is 3.12. The molecule has 0 aliphatic carbocycles. The molecule has 0 saturated heterocycles. The highest BCUT2D eigenvalue weighted by Gasteiger charge is 2.10. The lowest BCUT2D eigenvalue weighted by Crippen LogP contribution is -2.12. The summed E-state index contributed by atoms with van der Waals surface area (Å²) in [4.78, 5) is 12.8. The van der Waals surface area contributed by atoms with E-state index < -0.39 is 0 Å². The Labute approximate surface area is 121 Å². The summed E-state index contributed by atoms with van der Waals surface area (Å²) in [6.45, 7) is 0. The van der Waals surface area contributed by atoms with Crippen LogP contribution >= 0.6 is 0 Å². The first-order valence-corrected chi connectivity index (χ1v) is 6.42. The van der Waals surface area contributed by atoms with Gasteiger partial charge in [0, 0.05) is 13.2 Å². The maximum absolute atomic E-state index is 5.40. The van der Waals surface area contributed by atoms with Crippen molar-refractivity contribution in [3.05, 3.63) is 48.4 Å². The van der Waals surface area contributed by atoms with Crippen molar-refractivity contribution < 1.29 is 0 Å². The highest BCUT2D eigenvalue weighted by Crippen LogP contribution is 2.19. The summed E-state index contributed by atoms with van der Waals surface area (Å²) in [6, 6.07) is 9.98. The fourth-order valence-electron chi connectivity index (χ4n) is 1.95. The number of hydrogen-bond donors (Lipinski definition) is 3. The van der Waals surface area contributed by atoms with Gasteiger partial charge in [0.2, 0.25) is 5.95 Å². The standard InChI is InChI=1S/C14H15N7/c1-21-9-17-11-12(18-14(20-15)19-13(11)21)16-8-7-10-5-3-2-4-6-10/h2-9H,15H2,1H3,(H2,16,18,19,20). The van der Waals surface area contributed by atoms with Crippen molar-refractivity contribution in [1.82, 2.24) is 19.5 Å². The quantitative estimate of drug-likeness (QED) is 0.498. The number of nitrogens with two attached hydrogens (primary N) is 1. The minimum absolute atomic E-state index is 0.335. The molecule has 3 rings (SSSR count). The van der Waals surface area contributed by atoms with Crippen LogP contribution in [0.3, 0.4) is 0 Å². The number of nitrogens with zero attached hydrogens (tertiary/aromatic N) is 4. The Morgan fingerprint density at radius 3 is 2.76 bits per heavy atom. The van der Waals surface area contributed by atoms with E-state index >= 15 is 0 Å². The lowest BCUT2D eigenvalue weighted by atomic mass is 10.2. The van der Waals surface area contributed by atoms with Gasteiger partial charge in [-0.15, -0.1) is 0 Å². The van der Waals surface area contributed by atoms with Crippen LogP contribution < -0.4 is 16.6 Å². The zero-order chi connectivity index (χ0) is 14.7. The highest BCUT2D eigenvalue weighted by atomic mass is 15.3. The minimum atomic E-state index is 0.335. The van der Waals surface area contributed by atoms with Crippen molar-refractivity contribution in [2.45, 2.75) is 0 Å². The molecule has 0 spiro atoms. The molecule has 0 aliphatic rings. The molecule has 2 aromatic heterocycles. The van der Waals surface area contributed by atoms with E-state index in [0.29, 0.717) is 22.9 Å². The van der Waals surface area contributed by atoms with E-state index in [1.54, 1.807) is 6.33 Å². The maximum atomic E-state index is 5.40. The molecule has 3 aromatic rings. The number of fused-ring (bicyclic) bond motifs is 1. The van der Waals surface area contributed by atoms with Crippen LogP contribution in [-0.4, -0.2) is 19.5 Å². The molecule has 0 unspecified atom stereocenters. The molecule has 1 aromatic carbocycles. The van der Waals surface area contributed by atoms with Gasteiger partial charge in [0.25, 0.3) is 0 Å². The first kappa shape index (κ1) is 13.1. The van der Waals surface area contributed by atoms with Gasteiger partial charge in [-0.2, -0.15) is 9.97 Å². The molecule has 0 radical (unpaired) electrons. The fourth-order valence-corrected chi connectivity index (χ4v) is 1.95. The average Bonchev–Trinajstić information content (AvgIpc) is 2.90. The number of nitrogen functional groups attached to an aromatic ring is 1. The first-order valence-electron chi connectivity index (χ1n) is 6.42. The van der Waals surface area contributed by atoms with E-state index in [-0.39, 0.29) is 0 Å². The lowest BCUT2D eigenvalue weighted by molar-refractivity contribution is 0.928. The second-order valence-corrected chi connectivity index (χ2v) is 4.46. The van der Waals surface area contributed by atoms with Gasteiger partial charge in [-0.25, -0.2) is 10.8 Å². The Kier molecular flexibility index (Phi) is 3.48. The number of nitrogens with one attached hydrogen (secondary N) is 2. The van der Waals surface area contributed by atoms with Crippen molar-refractivity contribution in [2.75, 3.05) is 10.7 Å². The summed E-state index contributed by atoms with van der Waals surface area (Å²) in [7, 11) is 1.87. The lowest BCUT2D eigenvalue weighted by Gasteiger charge is -2.05. The van der Waals surface area contributed by atoms with Gasteiger partial charge < -0.3 is 9.88 Å². The normalized spacial score (nSPS) is 11.1. The van der Waals surface area contributed by atoms with Gasteiger partial charge >= 0.3 is 0 Å². The summed E-state index contributed by atoms with van der Waals surface area (Å²) in [6.07, 6.45) is 5.45. The number of hydrazine groups is 1. The van der Waals surface area contributed by atoms with E-state index in [4.69, 9.17) is 5.84 Å². The van der Waals surface area contributed by atoms with Crippen LogP contribution in [0.1, 0.15) is 5.56 Å². The Morgan fingerprint density at radius 2 is 2.00 bits per heavy atom. The predicted octanol–water partition coefficient (Wildman–Crippen LogP) is 1.73. The molecule has 7 heteroatoms. The van der Waals surface area contributed by atoms with Crippen molar-refractivity contribution in [3.63, 3.8) is 0 Å². The molecule has 106 valence electrons. The van der Waals surface area contributed by atoms with Gasteiger partial charge in [0.05, 0.1) is 6.33 Å². The number of hydrogen-bond acceptors (Lipinski definition) is 6. The second kappa shape index (κ2) is 5.59. The van der Waals surface area contributed by atoms with Gasteiger partial charge in [-0.1, -0.05) is 30.3 Å². The van der Waals surface area contributed by atoms with E-state index in [1.807, 2.05) is 54.2 Å². The summed E-state index contributed by atoms with van der Waals surface area (Å²) in [5.74, 6) is 6.33. The van der Waals surface area contributed by atoms with Crippen molar-refractivity contribution in [3.8, 4) is 0 Å². The molecule has 0 atom stereocenters. The smallest absolute Gasteiger partial charge is 0.241 e. The molecule has 7 nitrogen and oxygen atoms in total. The van der Waals surface area contributed by atoms with Gasteiger partial charge in [-0.05, 0) is 11.6 Å². The van der Waals surface area contributed by atoms with Gasteiger partial charge in [0.15, 0.2) is 17.0 Å². The molecule has 0 fully saturated rings. The van der Waals surface area contributed by atoms with Crippen LogP contribution in [-0.2, 0) is 7.05 Å². The number of aryl methyl sites for hydroxylation is 1. The first-order chi connectivity index (χ1) is 10.3. The average molecular weight is 281 g/mol. The topological polar surface area (TPSA) is 93.7 Å². The Bertz CT molecular complexity index is 777. The molecular weight excluding hydrogens is 266 g/mol. The highest BCUT2D eigenvalue weighted by molar-refractivity contribution is 5.84. The number of aromatic nitrogens is 4. The second-order valence-electron chi connectivity index (χ2n) is 4.46. The summed E-state index contributed by atoms with van der Waals surface area (Å²) < 4.78 is 1.81. The van der Waals surface area contributed by atoms with Crippen LogP contribution in [0.15, 0.2) is 42.9 Å². The molecule has 0 aliphatic heterocycles. The Hall–Kier alpha value is -2.93. The number of benzene rings is 1. The van der Waals surface area contributed by atoms with Gasteiger partial charge in [-0.3, -0.25) is 5.43 Å². The SMILES string of the molecule is Cn1cnc2c(NC=Cc3ccccc3)nc(NN)nc21. The van der Waals surface area contributed by atoms with Crippen LogP contribution in [0.2, 0.25) is 0 Å². The number of anilines is 2. The zero-order valence-corrected chi connectivity index (χ0v) is 11.5.